The number of halogens is 1. The molecule has 0 amide bonds. The summed E-state index contributed by atoms with van der Waals surface area (Å²) in [6.07, 6.45) is 1.52. The van der Waals surface area contributed by atoms with Crippen molar-refractivity contribution in [3.63, 3.8) is 0 Å². The van der Waals surface area contributed by atoms with Gasteiger partial charge in [-0.25, -0.2) is 4.98 Å². The molecule has 1 heterocycles. The number of pyridine rings is 1. The number of nitrogens with zero attached hydrogens (tertiary/aromatic N) is 1. The van der Waals surface area contributed by atoms with E-state index in [0.717, 1.165) is 0 Å². The second-order valence-electron chi connectivity index (χ2n) is 3.25. The van der Waals surface area contributed by atoms with Crippen LogP contribution in [0.1, 0.15) is 13.8 Å². The molecule has 0 saturated carbocycles. The summed E-state index contributed by atoms with van der Waals surface area (Å²) in [4.78, 5) is 3.97. The number of rotatable bonds is 3. The fourth-order valence-electron chi connectivity index (χ4n) is 0.809. The smallest absolute Gasteiger partial charge is 0.237 e. The van der Waals surface area contributed by atoms with Crippen LogP contribution < -0.4 is 10.5 Å². The standard InChI is InChI=1S/C9H13ClN2O/c1-6(2)5-13-9-8(11)3-7(10)4-12-9/h3-4,6H,5,11H2,1-2H3. The molecule has 1 aromatic rings. The lowest BCUT2D eigenvalue weighted by atomic mass is 10.2. The van der Waals surface area contributed by atoms with E-state index in [1.54, 1.807) is 6.07 Å². The maximum Gasteiger partial charge on any atom is 0.237 e. The van der Waals surface area contributed by atoms with Crippen LogP contribution in [0.2, 0.25) is 5.02 Å². The molecule has 0 saturated heterocycles. The maximum absolute atomic E-state index is 5.68. The van der Waals surface area contributed by atoms with Crippen molar-refractivity contribution >= 4 is 17.3 Å². The summed E-state index contributed by atoms with van der Waals surface area (Å²) in [7, 11) is 0. The van der Waals surface area contributed by atoms with Crippen molar-refractivity contribution in [3.05, 3.63) is 17.3 Å². The molecule has 0 bridgehead atoms. The van der Waals surface area contributed by atoms with Crippen LogP contribution in [0.25, 0.3) is 0 Å². The molecular weight excluding hydrogens is 188 g/mol. The third-order valence-electron chi connectivity index (χ3n) is 1.40. The Morgan fingerprint density at radius 2 is 2.31 bits per heavy atom. The van der Waals surface area contributed by atoms with Gasteiger partial charge in [-0.15, -0.1) is 0 Å². The van der Waals surface area contributed by atoms with Crippen LogP contribution in [0.15, 0.2) is 12.3 Å². The maximum atomic E-state index is 5.68. The molecule has 0 spiro atoms. The molecule has 0 aliphatic carbocycles. The Hall–Kier alpha value is -0.960. The van der Waals surface area contributed by atoms with Crippen molar-refractivity contribution in [2.45, 2.75) is 13.8 Å². The summed E-state index contributed by atoms with van der Waals surface area (Å²) in [6.45, 7) is 4.73. The zero-order chi connectivity index (χ0) is 9.84. The monoisotopic (exact) mass is 200 g/mol. The van der Waals surface area contributed by atoms with Gasteiger partial charge in [0.05, 0.1) is 17.3 Å². The van der Waals surface area contributed by atoms with Crippen LogP contribution in [-0.2, 0) is 0 Å². The van der Waals surface area contributed by atoms with Gasteiger partial charge in [-0.3, -0.25) is 0 Å². The van der Waals surface area contributed by atoms with E-state index in [4.69, 9.17) is 22.1 Å². The van der Waals surface area contributed by atoms with Crippen molar-refractivity contribution in [3.8, 4) is 5.88 Å². The summed E-state index contributed by atoms with van der Waals surface area (Å²) in [5.74, 6) is 0.912. The van der Waals surface area contributed by atoms with Crippen LogP contribution in [0.5, 0.6) is 5.88 Å². The largest absolute Gasteiger partial charge is 0.476 e. The minimum absolute atomic E-state index is 0.455. The highest BCUT2D eigenvalue weighted by Crippen LogP contribution is 2.21. The molecular formula is C9H13ClN2O. The summed E-state index contributed by atoms with van der Waals surface area (Å²) < 4.78 is 5.36. The van der Waals surface area contributed by atoms with Crippen molar-refractivity contribution < 1.29 is 4.74 Å². The van der Waals surface area contributed by atoms with Crippen LogP contribution >= 0.6 is 11.6 Å². The van der Waals surface area contributed by atoms with E-state index in [1.165, 1.54) is 6.20 Å². The van der Waals surface area contributed by atoms with Crippen LogP contribution in [0.3, 0.4) is 0 Å². The second-order valence-corrected chi connectivity index (χ2v) is 3.69. The zero-order valence-electron chi connectivity index (χ0n) is 7.75. The molecule has 0 aromatic carbocycles. The van der Waals surface area contributed by atoms with Gasteiger partial charge in [0.25, 0.3) is 0 Å². The zero-order valence-corrected chi connectivity index (χ0v) is 8.51. The molecule has 2 N–H and O–H groups in total. The van der Waals surface area contributed by atoms with Gasteiger partial charge in [0.15, 0.2) is 0 Å². The highest BCUT2D eigenvalue weighted by molar-refractivity contribution is 6.30. The lowest BCUT2D eigenvalue weighted by molar-refractivity contribution is 0.263. The van der Waals surface area contributed by atoms with Crippen LogP contribution in [-0.4, -0.2) is 11.6 Å². The number of nitrogens with two attached hydrogens (primary N) is 1. The predicted molar refractivity (Wildman–Crippen MR) is 54.0 cm³/mol. The van der Waals surface area contributed by atoms with E-state index in [-0.39, 0.29) is 0 Å². The SMILES string of the molecule is CC(C)COc1ncc(Cl)cc1N. The van der Waals surface area contributed by atoms with Crippen LogP contribution in [0, 0.1) is 5.92 Å². The number of anilines is 1. The molecule has 0 unspecified atom stereocenters. The summed E-state index contributed by atoms with van der Waals surface area (Å²) in [5.41, 5.74) is 6.12. The Labute approximate surface area is 82.9 Å². The summed E-state index contributed by atoms with van der Waals surface area (Å²) in [6, 6.07) is 1.63. The highest BCUT2D eigenvalue weighted by Gasteiger charge is 2.03. The fraction of sp³-hybridized carbons (Fsp3) is 0.444. The van der Waals surface area contributed by atoms with Crippen molar-refractivity contribution in [2.75, 3.05) is 12.3 Å². The molecule has 3 nitrogen and oxygen atoms in total. The van der Waals surface area contributed by atoms with Crippen molar-refractivity contribution in [2.24, 2.45) is 5.92 Å². The number of nitrogen functional groups attached to an aromatic ring is 1. The first-order valence-electron chi connectivity index (χ1n) is 4.13. The Morgan fingerprint density at radius 1 is 1.62 bits per heavy atom. The van der Waals surface area contributed by atoms with Gasteiger partial charge in [-0.05, 0) is 12.0 Å². The van der Waals surface area contributed by atoms with Gasteiger partial charge < -0.3 is 10.5 Å². The van der Waals surface area contributed by atoms with E-state index in [2.05, 4.69) is 18.8 Å². The Morgan fingerprint density at radius 3 is 2.85 bits per heavy atom. The quantitative estimate of drug-likeness (QED) is 0.815. The number of ether oxygens (including phenoxy) is 1. The number of hydrogen-bond donors (Lipinski definition) is 1. The topological polar surface area (TPSA) is 48.1 Å². The first-order chi connectivity index (χ1) is 6.09. The third-order valence-corrected chi connectivity index (χ3v) is 1.61. The molecule has 72 valence electrons. The van der Waals surface area contributed by atoms with Gasteiger partial charge in [0.1, 0.15) is 0 Å². The fourth-order valence-corrected chi connectivity index (χ4v) is 0.975. The molecule has 0 atom stereocenters. The summed E-state index contributed by atoms with van der Waals surface area (Å²) >= 11 is 5.68. The Kier molecular flexibility index (Phi) is 3.37. The minimum Gasteiger partial charge on any atom is -0.476 e. The van der Waals surface area contributed by atoms with Gasteiger partial charge in [0, 0.05) is 6.20 Å². The van der Waals surface area contributed by atoms with E-state index in [9.17, 15) is 0 Å². The number of aromatic nitrogens is 1. The Bertz CT molecular complexity index is 289. The number of hydrogen-bond acceptors (Lipinski definition) is 3. The molecule has 0 aliphatic rings. The highest BCUT2D eigenvalue weighted by atomic mass is 35.5. The normalized spacial score (nSPS) is 10.5. The summed E-state index contributed by atoms with van der Waals surface area (Å²) in [5, 5.41) is 0.523. The van der Waals surface area contributed by atoms with Gasteiger partial charge >= 0.3 is 0 Å². The Balaban J connectivity index is 2.67. The molecule has 1 rings (SSSR count). The molecule has 0 fully saturated rings. The second kappa shape index (κ2) is 4.33. The van der Waals surface area contributed by atoms with Gasteiger partial charge in [-0.1, -0.05) is 25.4 Å². The average molecular weight is 201 g/mol. The third kappa shape index (κ3) is 3.11. The van der Waals surface area contributed by atoms with E-state index in [1.807, 2.05) is 0 Å². The van der Waals surface area contributed by atoms with Gasteiger partial charge in [0.2, 0.25) is 5.88 Å². The van der Waals surface area contributed by atoms with Gasteiger partial charge in [-0.2, -0.15) is 0 Å². The molecule has 0 aliphatic heterocycles. The van der Waals surface area contributed by atoms with E-state index in [0.29, 0.717) is 29.1 Å². The van der Waals surface area contributed by atoms with Crippen molar-refractivity contribution in [1.29, 1.82) is 0 Å². The van der Waals surface area contributed by atoms with Crippen LogP contribution in [0.4, 0.5) is 5.69 Å². The van der Waals surface area contributed by atoms with Crippen molar-refractivity contribution in [1.82, 2.24) is 4.98 Å². The lowest BCUT2D eigenvalue weighted by Crippen LogP contribution is -2.07. The first kappa shape index (κ1) is 10.1. The first-order valence-corrected chi connectivity index (χ1v) is 4.51. The molecule has 1 aromatic heterocycles. The minimum atomic E-state index is 0.455. The molecule has 0 radical (unpaired) electrons. The predicted octanol–water partition coefficient (Wildman–Crippen LogP) is 2.35. The molecule has 13 heavy (non-hydrogen) atoms. The molecule has 4 heteroatoms. The lowest BCUT2D eigenvalue weighted by Gasteiger charge is -2.09. The van der Waals surface area contributed by atoms with E-state index >= 15 is 0 Å². The van der Waals surface area contributed by atoms with E-state index < -0.39 is 0 Å². The average Bonchev–Trinajstić information content (AvgIpc) is 2.02.